The predicted octanol–water partition coefficient (Wildman–Crippen LogP) is 3.41. The molecule has 1 amide bonds. The molecule has 1 saturated carbocycles. The van der Waals surface area contributed by atoms with Crippen LogP contribution < -0.4 is 10.2 Å². The van der Waals surface area contributed by atoms with Gasteiger partial charge in [-0.1, -0.05) is 0 Å². The first-order chi connectivity index (χ1) is 15.3. The lowest BCUT2D eigenvalue weighted by Crippen LogP contribution is -2.47. The van der Waals surface area contributed by atoms with Crippen LogP contribution in [0.3, 0.4) is 0 Å². The number of carbonyl (C=O) groups is 1. The normalized spacial score (nSPS) is 22.4. The summed E-state index contributed by atoms with van der Waals surface area (Å²) in [5.41, 5.74) is -0.279. The highest BCUT2D eigenvalue weighted by molar-refractivity contribution is 5.77. The van der Waals surface area contributed by atoms with Crippen molar-refractivity contribution in [2.75, 3.05) is 51.3 Å². The smallest absolute Gasteiger partial charge is 0.375 e. The summed E-state index contributed by atoms with van der Waals surface area (Å²) in [7, 11) is 1.51. The van der Waals surface area contributed by atoms with Gasteiger partial charge in [0, 0.05) is 45.0 Å². The molecule has 6 nitrogen and oxygen atoms in total. The van der Waals surface area contributed by atoms with Crippen molar-refractivity contribution in [3.05, 3.63) is 29.3 Å². The molecule has 0 spiro atoms. The molecule has 3 rings (SSSR count). The first-order valence-electron chi connectivity index (χ1n) is 11.2. The van der Waals surface area contributed by atoms with Crippen LogP contribution >= 0.6 is 0 Å². The standard InChI is InChI=1S/C23H31F3N4O2/c1-32-16-22(31)28-20-4-2-17(3-5-20)6-7-29-8-10-30(11-9-29)21-13-18(15-27)12-19(14-21)23(24,25)26/h12-14,17,20H,2-11,16H2,1H3,(H,28,31)/t17-,20-. The lowest BCUT2D eigenvalue weighted by molar-refractivity contribution is -0.137. The van der Waals surface area contributed by atoms with Gasteiger partial charge >= 0.3 is 6.18 Å². The number of nitrogens with zero attached hydrogens (tertiary/aromatic N) is 3. The second-order valence-electron chi connectivity index (χ2n) is 8.71. The van der Waals surface area contributed by atoms with Crippen LogP contribution in [-0.2, 0) is 15.7 Å². The van der Waals surface area contributed by atoms with Gasteiger partial charge in [0.2, 0.25) is 5.91 Å². The Labute approximate surface area is 187 Å². The maximum Gasteiger partial charge on any atom is 0.416 e. The number of halogens is 3. The number of carbonyl (C=O) groups excluding carboxylic acids is 1. The van der Waals surface area contributed by atoms with Crippen molar-refractivity contribution >= 4 is 11.6 Å². The van der Waals surface area contributed by atoms with Gasteiger partial charge in [0.15, 0.2) is 0 Å². The maximum absolute atomic E-state index is 13.1. The first-order valence-corrected chi connectivity index (χ1v) is 11.2. The Balaban J connectivity index is 1.42. The summed E-state index contributed by atoms with van der Waals surface area (Å²) in [6.07, 6.45) is 0.809. The summed E-state index contributed by atoms with van der Waals surface area (Å²) >= 11 is 0. The van der Waals surface area contributed by atoms with Crippen molar-refractivity contribution in [2.24, 2.45) is 5.92 Å². The number of hydrogen-bond acceptors (Lipinski definition) is 5. The van der Waals surface area contributed by atoms with E-state index in [1.54, 1.807) is 0 Å². The molecule has 1 N–H and O–H groups in total. The molecule has 1 aromatic carbocycles. The Bertz CT molecular complexity index is 808. The van der Waals surface area contributed by atoms with E-state index in [0.717, 1.165) is 63.9 Å². The maximum atomic E-state index is 13.1. The van der Waals surface area contributed by atoms with Gasteiger partial charge in [-0.2, -0.15) is 18.4 Å². The molecule has 176 valence electrons. The number of nitriles is 1. The zero-order chi connectivity index (χ0) is 23.1. The van der Waals surface area contributed by atoms with E-state index >= 15 is 0 Å². The second-order valence-corrected chi connectivity index (χ2v) is 8.71. The molecule has 0 aromatic heterocycles. The highest BCUT2D eigenvalue weighted by Gasteiger charge is 2.32. The van der Waals surface area contributed by atoms with E-state index in [1.165, 1.54) is 13.2 Å². The fraction of sp³-hybridized carbons (Fsp3) is 0.652. The molecular weight excluding hydrogens is 421 g/mol. The molecule has 1 aliphatic heterocycles. The average Bonchev–Trinajstić information content (AvgIpc) is 2.78. The molecule has 9 heteroatoms. The molecular formula is C23H31F3N4O2. The van der Waals surface area contributed by atoms with Gasteiger partial charge in [0.1, 0.15) is 6.61 Å². The highest BCUT2D eigenvalue weighted by atomic mass is 19.4. The summed E-state index contributed by atoms with van der Waals surface area (Å²) in [6.45, 7) is 3.95. The first kappa shape index (κ1) is 24.3. The van der Waals surface area contributed by atoms with Crippen molar-refractivity contribution in [3.8, 4) is 6.07 Å². The second kappa shape index (κ2) is 11.0. The van der Waals surface area contributed by atoms with Crippen LogP contribution in [0.5, 0.6) is 0 Å². The number of methoxy groups -OCH3 is 1. The molecule has 1 aliphatic carbocycles. The third-order valence-corrected chi connectivity index (χ3v) is 6.45. The van der Waals surface area contributed by atoms with E-state index in [4.69, 9.17) is 10.00 Å². The van der Waals surface area contributed by atoms with Crippen LogP contribution in [-0.4, -0.2) is 63.3 Å². The van der Waals surface area contributed by atoms with E-state index < -0.39 is 11.7 Å². The van der Waals surface area contributed by atoms with E-state index in [0.29, 0.717) is 24.7 Å². The Kier molecular flexibility index (Phi) is 8.38. The summed E-state index contributed by atoms with van der Waals surface area (Å²) in [5, 5.41) is 12.1. The van der Waals surface area contributed by atoms with Crippen molar-refractivity contribution in [1.82, 2.24) is 10.2 Å². The highest BCUT2D eigenvalue weighted by Crippen LogP contribution is 2.33. The molecule has 0 radical (unpaired) electrons. The Hall–Kier alpha value is -2.31. The van der Waals surface area contributed by atoms with Gasteiger partial charge in [-0.05, 0) is 62.8 Å². The van der Waals surface area contributed by atoms with Gasteiger partial charge < -0.3 is 15.0 Å². The SMILES string of the molecule is COCC(=O)N[C@H]1CC[C@H](CCN2CCN(c3cc(C#N)cc(C(F)(F)F)c3)CC2)CC1. The number of nitrogens with one attached hydrogen (secondary N) is 1. The third kappa shape index (κ3) is 6.84. The lowest BCUT2D eigenvalue weighted by atomic mass is 9.84. The Morgan fingerprint density at radius 1 is 1.16 bits per heavy atom. The summed E-state index contributed by atoms with van der Waals surface area (Å²) < 4.78 is 44.3. The van der Waals surface area contributed by atoms with E-state index in [1.807, 2.05) is 11.0 Å². The van der Waals surface area contributed by atoms with Gasteiger partial charge in [0.25, 0.3) is 0 Å². The molecule has 2 fully saturated rings. The molecule has 1 aromatic rings. The molecule has 0 unspecified atom stereocenters. The molecule has 32 heavy (non-hydrogen) atoms. The van der Waals surface area contributed by atoms with Crippen molar-refractivity contribution in [3.63, 3.8) is 0 Å². The van der Waals surface area contributed by atoms with Crippen LogP contribution in [0.15, 0.2) is 18.2 Å². The van der Waals surface area contributed by atoms with Crippen molar-refractivity contribution in [1.29, 1.82) is 5.26 Å². The number of ether oxygens (including phenoxy) is 1. The van der Waals surface area contributed by atoms with Gasteiger partial charge in [-0.25, -0.2) is 0 Å². The molecule has 1 saturated heterocycles. The van der Waals surface area contributed by atoms with E-state index in [9.17, 15) is 18.0 Å². The monoisotopic (exact) mass is 452 g/mol. The number of benzene rings is 1. The van der Waals surface area contributed by atoms with E-state index in [-0.39, 0.29) is 24.1 Å². The number of piperazine rings is 1. The molecule has 0 bridgehead atoms. The van der Waals surface area contributed by atoms with Crippen LogP contribution in [0.25, 0.3) is 0 Å². The molecule has 1 heterocycles. The zero-order valence-corrected chi connectivity index (χ0v) is 18.5. The minimum Gasteiger partial charge on any atom is -0.375 e. The largest absolute Gasteiger partial charge is 0.416 e. The fourth-order valence-electron chi connectivity index (χ4n) is 4.61. The topological polar surface area (TPSA) is 68.6 Å². The third-order valence-electron chi connectivity index (χ3n) is 6.45. The lowest BCUT2D eigenvalue weighted by Gasteiger charge is -2.37. The van der Waals surface area contributed by atoms with Gasteiger partial charge in [-0.3, -0.25) is 9.69 Å². The number of alkyl halides is 3. The number of rotatable bonds is 7. The summed E-state index contributed by atoms with van der Waals surface area (Å²) in [5.74, 6) is 0.585. The summed E-state index contributed by atoms with van der Waals surface area (Å²) in [6, 6.07) is 5.65. The van der Waals surface area contributed by atoms with Crippen molar-refractivity contribution in [2.45, 2.75) is 44.3 Å². The fourth-order valence-corrected chi connectivity index (χ4v) is 4.61. The Morgan fingerprint density at radius 2 is 1.84 bits per heavy atom. The van der Waals surface area contributed by atoms with Crippen LogP contribution in [0, 0.1) is 17.2 Å². The zero-order valence-electron chi connectivity index (χ0n) is 18.5. The minimum atomic E-state index is -4.46. The minimum absolute atomic E-state index is 0.0336. The summed E-state index contributed by atoms with van der Waals surface area (Å²) in [4.78, 5) is 15.9. The van der Waals surface area contributed by atoms with Gasteiger partial charge in [-0.15, -0.1) is 0 Å². The van der Waals surface area contributed by atoms with Crippen LogP contribution in [0.4, 0.5) is 18.9 Å². The number of anilines is 1. The van der Waals surface area contributed by atoms with Crippen LogP contribution in [0.1, 0.15) is 43.2 Å². The van der Waals surface area contributed by atoms with Crippen LogP contribution in [0.2, 0.25) is 0 Å². The number of hydrogen-bond donors (Lipinski definition) is 1. The molecule has 2 aliphatic rings. The average molecular weight is 453 g/mol. The van der Waals surface area contributed by atoms with Gasteiger partial charge in [0.05, 0.1) is 17.2 Å². The molecule has 0 atom stereocenters. The van der Waals surface area contributed by atoms with E-state index in [2.05, 4.69) is 10.2 Å². The number of amides is 1. The quantitative estimate of drug-likeness (QED) is 0.687. The predicted molar refractivity (Wildman–Crippen MR) is 115 cm³/mol. The van der Waals surface area contributed by atoms with Crippen molar-refractivity contribution < 1.29 is 22.7 Å². The Morgan fingerprint density at radius 3 is 2.44 bits per heavy atom.